The SMILES string of the molecule is CCCC1(c2ccccc2)NC(=O)N(CC(=O)Nc2ccc(C(=O)OCC)cc2)C1=O. The number of nitrogens with one attached hydrogen (secondary N) is 2. The van der Waals surface area contributed by atoms with Crippen molar-refractivity contribution in [2.24, 2.45) is 0 Å². The highest BCUT2D eigenvalue weighted by molar-refractivity contribution is 6.10. The molecule has 0 aromatic heterocycles. The van der Waals surface area contributed by atoms with E-state index in [0.717, 1.165) is 4.90 Å². The molecule has 1 unspecified atom stereocenters. The van der Waals surface area contributed by atoms with Gasteiger partial charge in [0.25, 0.3) is 5.91 Å². The van der Waals surface area contributed by atoms with E-state index in [1.165, 1.54) is 12.1 Å². The van der Waals surface area contributed by atoms with Crippen LogP contribution in [0.1, 0.15) is 42.6 Å². The number of carbonyl (C=O) groups excluding carboxylic acids is 4. The van der Waals surface area contributed by atoms with Crippen LogP contribution in [-0.4, -0.2) is 41.9 Å². The summed E-state index contributed by atoms with van der Waals surface area (Å²) < 4.78 is 4.92. The minimum absolute atomic E-state index is 0.270. The molecular formula is C23H25N3O5. The first-order valence-corrected chi connectivity index (χ1v) is 10.2. The van der Waals surface area contributed by atoms with Crippen LogP contribution in [0, 0.1) is 0 Å². The number of anilines is 1. The van der Waals surface area contributed by atoms with Crippen molar-refractivity contribution >= 4 is 29.5 Å². The number of rotatable bonds is 8. The number of benzene rings is 2. The number of ether oxygens (including phenoxy) is 1. The average molecular weight is 423 g/mol. The first kappa shape index (κ1) is 22.0. The fourth-order valence-corrected chi connectivity index (χ4v) is 3.62. The molecule has 1 saturated heterocycles. The van der Waals surface area contributed by atoms with Crippen molar-refractivity contribution in [2.45, 2.75) is 32.2 Å². The van der Waals surface area contributed by atoms with E-state index >= 15 is 0 Å². The quantitative estimate of drug-likeness (QED) is 0.502. The van der Waals surface area contributed by atoms with Crippen LogP contribution in [0.5, 0.6) is 0 Å². The Morgan fingerprint density at radius 3 is 2.32 bits per heavy atom. The van der Waals surface area contributed by atoms with Gasteiger partial charge >= 0.3 is 12.0 Å². The van der Waals surface area contributed by atoms with E-state index < -0.39 is 35.9 Å². The Bertz CT molecular complexity index is 974. The van der Waals surface area contributed by atoms with Gasteiger partial charge in [0, 0.05) is 5.69 Å². The second-order valence-corrected chi connectivity index (χ2v) is 7.19. The Hall–Kier alpha value is -3.68. The zero-order valence-electron chi connectivity index (χ0n) is 17.5. The maximum Gasteiger partial charge on any atom is 0.338 e. The van der Waals surface area contributed by atoms with Gasteiger partial charge in [0.1, 0.15) is 12.1 Å². The topological polar surface area (TPSA) is 105 Å². The van der Waals surface area contributed by atoms with Gasteiger partial charge in [-0.1, -0.05) is 43.7 Å². The largest absolute Gasteiger partial charge is 0.462 e. The van der Waals surface area contributed by atoms with Crippen molar-refractivity contribution in [3.05, 3.63) is 65.7 Å². The Balaban J connectivity index is 1.71. The van der Waals surface area contributed by atoms with Gasteiger partial charge in [-0.3, -0.25) is 14.5 Å². The third kappa shape index (κ3) is 4.58. The van der Waals surface area contributed by atoms with Crippen LogP contribution in [0.3, 0.4) is 0 Å². The normalized spacial score (nSPS) is 17.9. The second kappa shape index (κ2) is 9.42. The van der Waals surface area contributed by atoms with Crippen LogP contribution in [0.4, 0.5) is 10.5 Å². The fraction of sp³-hybridized carbons (Fsp3) is 0.304. The number of amides is 4. The van der Waals surface area contributed by atoms with E-state index in [-0.39, 0.29) is 6.61 Å². The number of imide groups is 1. The van der Waals surface area contributed by atoms with Crippen LogP contribution in [0.15, 0.2) is 54.6 Å². The van der Waals surface area contributed by atoms with Crippen molar-refractivity contribution in [3.63, 3.8) is 0 Å². The van der Waals surface area contributed by atoms with E-state index in [9.17, 15) is 19.2 Å². The Morgan fingerprint density at radius 1 is 1.03 bits per heavy atom. The molecule has 0 spiro atoms. The number of carbonyl (C=O) groups is 4. The third-order valence-corrected chi connectivity index (χ3v) is 5.05. The maximum atomic E-state index is 13.2. The molecular weight excluding hydrogens is 398 g/mol. The van der Waals surface area contributed by atoms with E-state index in [4.69, 9.17) is 4.74 Å². The molecule has 31 heavy (non-hydrogen) atoms. The molecule has 0 bridgehead atoms. The molecule has 1 fully saturated rings. The molecule has 1 aliphatic rings. The molecule has 162 valence electrons. The van der Waals surface area contributed by atoms with Crippen molar-refractivity contribution in [3.8, 4) is 0 Å². The minimum atomic E-state index is -1.17. The predicted molar refractivity (Wildman–Crippen MR) is 114 cm³/mol. The number of nitrogens with zero attached hydrogens (tertiary/aromatic N) is 1. The highest BCUT2D eigenvalue weighted by atomic mass is 16.5. The average Bonchev–Trinajstić information content (AvgIpc) is 3.00. The van der Waals surface area contributed by atoms with Crippen molar-refractivity contribution < 1.29 is 23.9 Å². The Morgan fingerprint density at radius 2 is 1.71 bits per heavy atom. The molecule has 4 amide bonds. The van der Waals surface area contributed by atoms with Crippen molar-refractivity contribution in [1.29, 1.82) is 0 Å². The molecule has 8 nitrogen and oxygen atoms in total. The summed E-state index contributed by atoms with van der Waals surface area (Å²) in [6, 6.07) is 14.6. The van der Waals surface area contributed by atoms with Gasteiger partial charge in [0.05, 0.1) is 12.2 Å². The van der Waals surface area contributed by atoms with Crippen LogP contribution in [-0.2, 0) is 19.9 Å². The first-order valence-electron chi connectivity index (χ1n) is 10.2. The smallest absolute Gasteiger partial charge is 0.338 e. The first-order chi connectivity index (χ1) is 14.9. The fourth-order valence-electron chi connectivity index (χ4n) is 3.62. The molecule has 2 N–H and O–H groups in total. The van der Waals surface area contributed by atoms with Gasteiger partial charge in [-0.15, -0.1) is 0 Å². The molecule has 0 saturated carbocycles. The molecule has 3 rings (SSSR count). The van der Waals surface area contributed by atoms with Gasteiger partial charge in [-0.2, -0.15) is 0 Å². The molecule has 0 aliphatic carbocycles. The van der Waals surface area contributed by atoms with Crippen LogP contribution >= 0.6 is 0 Å². The lowest BCUT2D eigenvalue weighted by atomic mass is 9.85. The Labute approximate surface area is 180 Å². The monoisotopic (exact) mass is 423 g/mol. The number of hydrogen-bond donors (Lipinski definition) is 2. The van der Waals surface area contributed by atoms with Crippen LogP contribution < -0.4 is 10.6 Å². The Kier molecular flexibility index (Phi) is 6.69. The lowest BCUT2D eigenvalue weighted by molar-refractivity contribution is -0.134. The van der Waals surface area contributed by atoms with Crippen LogP contribution in [0.2, 0.25) is 0 Å². The number of esters is 1. The molecule has 1 heterocycles. The lowest BCUT2D eigenvalue weighted by Gasteiger charge is -2.26. The lowest BCUT2D eigenvalue weighted by Crippen LogP contribution is -2.44. The van der Waals surface area contributed by atoms with Gasteiger partial charge < -0.3 is 15.4 Å². The standard InChI is InChI=1S/C23H25N3O5/c1-3-14-23(17-8-6-5-7-9-17)21(29)26(22(30)25-23)15-19(27)24-18-12-10-16(11-13-18)20(28)31-4-2/h5-13H,3-4,14-15H2,1-2H3,(H,24,27)(H,25,30). The van der Waals surface area contributed by atoms with Crippen molar-refractivity contribution in [2.75, 3.05) is 18.5 Å². The van der Waals surface area contributed by atoms with Crippen LogP contribution in [0.25, 0.3) is 0 Å². The molecule has 2 aromatic carbocycles. The number of hydrogen-bond acceptors (Lipinski definition) is 5. The minimum Gasteiger partial charge on any atom is -0.462 e. The summed E-state index contributed by atoms with van der Waals surface area (Å²) in [6.07, 6.45) is 1.10. The number of urea groups is 1. The summed E-state index contributed by atoms with van der Waals surface area (Å²) in [7, 11) is 0. The molecule has 1 atom stereocenters. The summed E-state index contributed by atoms with van der Waals surface area (Å²) in [4.78, 5) is 50.9. The van der Waals surface area contributed by atoms with E-state index in [1.54, 1.807) is 31.2 Å². The summed E-state index contributed by atoms with van der Waals surface area (Å²) in [5.74, 6) is -1.42. The summed E-state index contributed by atoms with van der Waals surface area (Å²) in [5, 5.41) is 5.43. The van der Waals surface area contributed by atoms with Gasteiger partial charge in [-0.05, 0) is 43.2 Å². The second-order valence-electron chi connectivity index (χ2n) is 7.19. The maximum absolute atomic E-state index is 13.2. The van der Waals surface area contributed by atoms with Crippen molar-refractivity contribution in [1.82, 2.24) is 10.2 Å². The molecule has 2 aromatic rings. The van der Waals surface area contributed by atoms with Gasteiger partial charge in [0.15, 0.2) is 0 Å². The zero-order valence-corrected chi connectivity index (χ0v) is 17.5. The molecule has 8 heteroatoms. The highest BCUT2D eigenvalue weighted by Gasteiger charge is 2.52. The summed E-state index contributed by atoms with van der Waals surface area (Å²) in [6.45, 7) is 3.50. The highest BCUT2D eigenvalue weighted by Crippen LogP contribution is 2.33. The summed E-state index contributed by atoms with van der Waals surface area (Å²) >= 11 is 0. The molecule has 0 radical (unpaired) electrons. The van der Waals surface area contributed by atoms with Gasteiger partial charge in [-0.25, -0.2) is 9.59 Å². The van der Waals surface area contributed by atoms with Gasteiger partial charge in [0.2, 0.25) is 5.91 Å². The molecule has 1 aliphatic heterocycles. The third-order valence-electron chi connectivity index (χ3n) is 5.05. The van der Waals surface area contributed by atoms with E-state index in [1.807, 2.05) is 25.1 Å². The predicted octanol–water partition coefficient (Wildman–Crippen LogP) is 3.05. The summed E-state index contributed by atoms with van der Waals surface area (Å²) in [5.41, 5.74) is 0.316. The zero-order chi connectivity index (χ0) is 22.4. The van der Waals surface area contributed by atoms with E-state index in [2.05, 4.69) is 10.6 Å². The van der Waals surface area contributed by atoms with E-state index in [0.29, 0.717) is 29.7 Å².